The Bertz CT molecular complexity index is 5070. The van der Waals surface area contributed by atoms with Crippen LogP contribution in [0, 0.1) is 5.41 Å². The van der Waals surface area contributed by atoms with Crippen LogP contribution < -0.4 is 109 Å². The summed E-state index contributed by atoms with van der Waals surface area (Å²) in [6.07, 6.45) is -3.04. The van der Waals surface area contributed by atoms with Gasteiger partial charge in [0.1, 0.15) is 78.8 Å². The summed E-state index contributed by atoms with van der Waals surface area (Å²) in [5, 5.41) is 74.0. The topological polar surface area (TPSA) is 774 Å². The second kappa shape index (κ2) is 51.7. The third-order valence-corrected chi connectivity index (χ3v) is 21.4. The number of aromatic amines is 2. The lowest BCUT2D eigenvalue weighted by Gasteiger charge is -2.28. The SMILES string of the molecule is N=C(N)NCCC[C@H](NC(=O)[C@H](Cc1c[nH]c2ccccc12)NC(=O)[C@H](Cc1ccc(O)cc1)NC(=O)[C@@H]1CSCc2ccc(cc2)C(=O)N[C@@H](CCC(N)=O)C(=O)N[C@@H](CC(=O)O)C(=O)N[C@@H](Cc2c[nH]c3ccccc23)C(=O)N[C@@H](CCC(N)=O)C(=O)N1)C(=O)N[C@@H](CCC(=O)O)C(=O)N[C@@H](CC(N)=O)C(=O)NCC(=O)NCCOCC(=O)N[C@H](CCCCN)C(N)=O. The first-order valence-electron chi connectivity index (χ1n) is 41.3. The minimum absolute atomic E-state index is 0.00454. The van der Waals surface area contributed by atoms with Gasteiger partial charge in [-0.05, 0) is 117 Å². The molecule has 11 atom stereocenters. The first-order valence-corrected chi connectivity index (χ1v) is 42.5. The molecular weight excluding hydrogens is 1720 g/mol. The molecule has 0 aliphatic carbocycles. The average Bonchev–Trinajstić information content (AvgIpc) is 1.65. The number of para-hydroxylation sites is 2. The largest absolute Gasteiger partial charge is 0.508 e. The normalized spacial score (nSPS) is 17.0. The van der Waals surface area contributed by atoms with Crippen LogP contribution >= 0.6 is 11.8 Å². The minimum atomic E-state index is -2.00. The van der Waals surface area contributed by atoms with Crippen LogP contribution in [-0.4, -0.2) is 255 Å². The molecule has 47 heteroatoms. The number of guanidine groups is 1. The van der Waals surface area contributed by atoms with Crippen LogP contribution in [0.15, 0.2) is 109 Å². The number of aliphatic carboxylic acids is 2. The highest BCUT2D eigenvalue weighted by molar-refractivity contribution is 7.98. The number of H-pyrrole nitrogens is 2. The predicted molar refractivity (Wildman–Crippen MR) is 467 cm³/mol. The molecule has 4 aromatic carbocycles. The number of ether oxygens (including phenoxy) is 1. The number of phenols is 1. The number of carbonyl (C=O) groups is 19. The van der Waals surface area contributed by atoms with Gasteiger partial charge in [-0.15, -0.1) is 0 Å². The van der Waals surface area contributed by atoms with Crippen LogP contribution in [0.4, 0.5) is 0 Å². The summed E-state index contributed by atoms with van der Waals surface area (Å²) in [5.74, 6) is -22.1. The van der Waals surface area contributed by atoms with Crippen molar-refractivity contribution < 1.29 is 111 Å². The van der Waals surface area contributed by atoms with Crippen molar-refractivity contribution in [1.29, 1.82) is 5.41 Å². The highest BCUT2D eigenvalue weighted by Gasteiger charge is 2.39. The van der Waals surface area contributed by atoms with Crippen molar-refractivity contribution in [2.75, 3.05) is 45.1 Å². The Hall–Kier alpha value is -14.8. The van der Waals surface area contributed by atoms with E-state index in [1.165, 1.54) is 60.9 Å². The number of thioether (sulfide) groups is 1. The minimum Gasteiger partial charge on any atom is -0.508 e. The van der Waals surface area contributed by atoms with Gasteiger partial charge in [0, 0.05) is 103 Å². The zero-order chi connectivity index (χ0) is 95.1. The van der Waals surface area contributed by atoms with Gasteiger partial charge >= 0.3 is 11.9 Å². The number of carbonyl (C=O) groups excluding carboxylic acids is 17. The molecule has 17 amide bonds. The Labute approximate surface area is 747 Å². The molecule has 2 bridgehead atoms. The van der Waals surface area contributed by atoms with Gasteiger partial charge in [0.2, 0.25) is 94.5 Å². The monoisotopic (exact) mass is 1830 g/mol. The summed E-state index contributed by atoms with van der Waals surface area (Å²) in [6.45, 7) is -1.51. The van der Waals surface area contributed by atoms with E-state index in [2.05, 4.69) is 84.4 Å². The summed E-state index contributed by atoms with van der Waals surface area (Å²) < 4.78 is 5.27. The Morgan fingerprint density at radius 1 is 0.500 bits per heavy atom. The predicted octanol–water partition coefficient (Wildman–Crippen LogP) is -5.85. The fourth-order valence-electron chi connectivity index (χ4n) is 13.5. The molecule has 8 rings (SSSR count). The number of fused-ring (bicyclic) bond motifs is 21. The molecule has 6 aromatic rings. The van der Waals surface area contributed by atoms with Crippen molar-refractivity contribution in [1.82, 2.24) is 84.4 Å². The van der Waals surface area contributed by atoms with Crippen LogP contribution in [-0.2, 0) is 116 Å². The summed E-state index contributed by atoms with van der Waals surface area (Å²) in [4.78, 5) is 267. The van der Waals surface area contributed by atoms with Crippen molar-refractivity contribution in [3.05, 3.63) is 137 Å². The Kier molecular flexibility index (Phi) is 40.7. The third-order valence-electron chi connectivity index (χ3n) is 20.3. The van der Waals surface area contributed by atoms with Gasteiger partial charge in [0.25, 0.3) is 5.91 Å². The van der Waals surface area contributed by atoms with E-state index in [1.54, 1.807) is 48.5 Å². The number of carboxylic acid groups (broad SMARTS) is 2. The Morgan fingerprint density at radius 2 is 1.04 bits per heavy atom. The lowest BCUT2D eigenvalue weighted by molar-refractivity contribution is -0.141. The number of amides is 17. The Morgan fingerprint density at radius 3 is 1.64 bits per heavy atom. The van der Waals surface area contributed by atoms with Gasteiger partial charge < -0.3 is 139 Å². The molecule has 0 unspecified atom stereocenters. The summed E-state index contributed by atoms with van der Waals surface area (Å²) >= 11 is 1.01. The number of phenolic OH excluding ortho intramolecular Hbond substituents is 1. The molecule has 0 radical (unpaired) electrons. The smallest absolute Gasteiger partial charge is 0.305 e. The van der Waals surface area contributed by atoms with Crippen LogP contribution in [0.2, 0.25) is 0 Å². The fourth-order valence-corrected chi connectivity index (χ4v) is 14.5. The quantitative estimate of drug-likeness (QED) is 0.00732. The van der Waals surface area contributed by atoms with Crippen molar-refractivity contribution in [3.8, 4) is 5.75 Å². The number of rotatable bonds is 47. The number of aromatic hydroxyl groups is 1. The van der Waals surface area contributed by atoms with Gasteiger partial charge in [0.15, 0.2) is 5.96 Å². The molecule has 2 aromatic heterocycles. The van der Waals surface area contributed by atoms with Crippen molar-refractivity contribution in [2.45, 2.75) is 175 Å². The maximum absolute atomic E-state index is 15.6. The van der Waals surface area contributed by atoms with E-state index < -0.39 is 274 Å². The molecule has 130 heavy (non-hydrogen) atoms. The van der Waals surface area contributed by atoms with Crippen molar-refractivity contribution in [3.63, 3.8) is 0 Å². The van der Waals surface area contributed by atoms with E-state index in [4.69, 9.17) is 44.5 Å². The molecule has 0 spiro atoms. The molecule has 2 aliphatic heterocycles. The standard InChI is InChI=1S/C83H109N23O23S/c84-28-6-5-12-53(71(88)117)96-68(112)40-129-31-30-91-67(111)39-95-73(119)61(35-66(87)110)104-76(122)57(24-27-69(113)114)99-74(120)54(13-7-29-92-83(89)90)98-79(125)59(33-46-37-93-51-10-3-1-8-49(46)51)102-78(124)58(32-43-16-20-48(107)21-17-43)101-82(128)63-42-130-41-44-14-18-45(19-15-44)72(118)97-55(22-25-64(85)108)75(121)105-62(36-70(115)116)81(127)103-60(34-47-38-94-52-11-4-2-9-50(47)52)80(126)100-56(77(123)106-63)23-26-65(86)109/h1-4,8-11,14-21,37-38,53-63,93-94,107H,5-7,12-13,22-36,39-42,84H2,(H2,85,108)(H2,86,109)(H2,87,110)(H2,88,117)(H,91,111)(H,95,119)(H,96,112)(H,97,118)(H,98,125)(H,99,120)(H,100,126)(H,101,128)(H,102,124)(H,103,127)(H,104,122)(H,105,121)(H,106,123)(H,113,114)(H,115,116)(H4,89,90,92)/t53-,54+,55+,56+,57+,58+,59+,60+,61+,62+,63+/m1/s1. The second-order valence-corrected chi connectivity index (χ2v) is 31.4. The van der Waals surface area contributed by atoms with E-state index in [0.717, 1.165) is 11.8 Å². The van der Waals surface area contributed by atoms with Gasteiger partial charge in [-0.2, -0.15) is 11.8 Å². The molecule has 32 N–H and O–H groups in total. The third kappa shape index (κ3) is 34.5. The Balaban J connectivity index is 1.20. The van der Waals surface area contributed by atoms with Gasteiger partial charge in [-0.25, -0.2) is 0 Å². The average molecular weight is 1830 g/mol. The van der Waals surface area contributed by atoms with E-state index in [1.807, 2.05) is 0 Å². The highest BCUT2D eigenvalue weighted by atomic mass is 32.2. The van der Waals surface area contributed by atoms with Crippen molar-refractivity contribution >= 4 is 152 Å². The van der Waals surface area contributed by atoms with Crippen LogP contribution in [0.3, 0.4) is 0 Å². The fraction of sp³-hybridized carbons (Fsp3) is 0.422. The maximum atomic E-state index is 15.6. The van der Waals surface area contributed by atoms with Gasteiger partial charge in [0.05, 0.1) is 26.0 Å². The number of hydrogen-bond acceptors (Lipinski definition) is 24. The number of unbranched alkanes of at least 4 members (excludes halogenated alkanes) is 1. The number of nitrogens with one attached hydrogen (secondary N) is 17. The summed E-state index contributed by atoms with van der Waals surface area (Å²) in [5.41, 5.74) is 35.6. The van der Waals surface area contributed by atoms with Gasteiger partial charge in [-0.3, -0.25) is 96.5 Å². The van der Waals surface area contributed by atoms with Crippen LogP contribution in [0.1, 0.15) is 116 Å². The molecule has 2 aliphatic rings. The zero-order valence-electron chi connectivity index (χ0n) is 70.6. The van der Waals surface area contributed by atoms with Gasteiger partial charge in [-0.1, -0.05) is 60.7 Å². The maximum Gasteiger partial charge on any atom is 0.305 e. The van der Waals surface area contributed by atoms with E-state index in [-0.39, 0.29) is 61.6 Å². The molecule has 46 nitrogen and oxygen atoms in total. The van der Waals surface area contributed by atoms with E-state index >= 15 is 24.0 Å². The summed E-state index contributed by atoms with van der Waals surface area (Å²) in [7, 11) is 0. The number of nitrogens with two attached hydrogens (primary N) is 6. The first-order chi connectivity index (χ1) is 61.9. The second-order valence-electron chi connectivity index (χ2n) is 30.4. The molecule has 0 saturated carbocycles. The number of primary amides is 4. The van der Waals surface area contributed by atoms with Crippen LogP contribution in [0.5, 0.6) is 5.75 Å². The van der Waals surface area contributed by atoms with E-state index in [9.17, 15) is 82.4 Å². The first kappa shape index (κ1) is 102. The number of hydrogen-bond donors (Lipinski definition) is 26. The molecule has 0 saturated heterocycles. The molecule has 0 fully saturated rings. The number of benzene rings is 4. The summed E-state index contributed by atoms with van der Waals surface area (Å²) in [6, 6.07) is 5.46. The number of carboxylic acids is 2. The lowest BCUT2D eigenvalue weighted by atomic mass is 10.0. The molecule has 4 heterocycles. The van der Waals surface area contributed by atoms with Crippen molar-refractivity contribution in [2.24, 2.45) is 34.4 Å². The zero-order valence-corrected chi connectivity index (χ0v) is 71.4. The van der Waals surface area contributed by atoms with Crippen LogP contribution in [0.25, 0.3) is 21.8 Å². The number of aromatic nitrogens is 2. The highest BCUT2D eigenvalue weighted by Crippen LogP contribution is 2.24. The molecule has 700 valence electrons. The molecular formula is C83H109N23O23S. The lowest BCUT2D eigenvalue weighted by Crippen LogP contribution is -2.61. The van der Waals surface area contributed by atoms with E-state index in [0.29, 0.717) is 57.9 Å².